The van der Waals surface area contributed by atoms with Crippen molar-refractivity contribution in [3.05, 3.63) is 94.6 Å². The van der Waals surface area contributed by atoms with E-state index in [1.807, 2.05) is 0 Å². The quantitative estimate of drug-likeness (QED) is 0.246. The summed E-state index contributed by atoms with van der Waals surface area (Å²) in [6.07, 6.45) is 3.14. The van der Waals surface area contributed by atoms with Gasteiger partial charge in [-0.3, -0.25) is 15.1 Å². The van der Waals surface area contributed by atoms with Crippen LogP contribution in [-0.4, -0.2) is 26.0 Å². The van der Waals surface area contributed by atoms with Gasteiger partial charge in [0.05, 0.1) is 11.1 Å². The predicted molar refractivity (Wildman–Crippen MR) is 106 cm³/mol. The molecular formula is C21H14N4O6. The Kier molecular flexibility index (Phi) is 5.61. The van der Waals surface area contributed by atoms with Crippen molar-refractivity contribution in [2.75, 3.05) is 0 Å². The van der Waals surface area contributed by atoms with E-state index in [-0.39, 0.29) is 29.6 Å². The maximum absolute atomic E-state index is 12.5. The molecule has 0 radical (unpaired) electrons. The van der Waals surface area contributed by atoms with Crippen molar-refractivity contribution in [3.63, 3.8) is 0 Å². The number of aromatic nitrogens is 3. The average Bonchev–Trinajstić information content (AvgIpc) is 3.28. The number of hydrogen-bond donors (Lipinski definition) is 0. The lowest BCUT2D eigenvalue weighted by Crippen LogP contribution is -2.07. The Morgan fingerprint density at radius 3 is 2.61 bits per heavy atom. The summed E-state index contributed by atoms with van der Waals surface area (Å²) in [5.74, 6) is 0.466. The van der Waals surface area contributed by atoms with Gasteiger partial charge in [0.1, 0.15) is 17.1 Å². The van der Waals surface area contributed by atoms with Crippen LogP contribution in [0.5, 0.6) is 11.5 Å². The zero-order valence-electron chi connectivity index (χ0n) is 15.9. The SMILES string of the molecule is O=C(OCc1nc(-c2ccc([N+](=O)[O-])cc2)no1)c1ccccc1Oc1cccnc1. The minimum Gasteiger partial charge on any atom is -0.455 e. The molecule has 31 heavy (non-hydrogen) atoms. The van der Waals surface area contributed by atoms with Crippen LogP contribution in [0.2, 0.25) is 0 Å². The molecule has 0 aliphatic carbocycles. The van der Waals surface area contributed by atoms with E-state index in [1.165, 1.54) is 30.5 Å². The molecule has 0 unspecified atom stereocenters. The lowest BCUT2D eigenvalue weighted by molar-refractivity contribution is -0.384. The van der Waals surface area contributed by atoms with E-state index in [2.05, 4.69) is 15.1 Å². The molecule has 4 rings (SSSR count). The van der Waals surface area contributed by atoms with Gasteiger partial charge in [0.2, 0.25) is 5.82 Å². The molecule has 10 heteroatoms. The zero-order valence-corrected chi connectivity index (χ0v) is 15.9. The number of nitro groups is 1. The standard InChI is InChI=1S/C21H14N4O6/c26-21(17-5-1-2-6-18(17)30-16-4-3-11-22-12-16)29-13-19-23-20(24-31-19)14-7-9-15(10-8-14)25(27)28/h1-12H,13H2. The number of esters is 1. The average molecular weight is 418 g/mol. The van der Waals surface area contributed by atoms with Crippen molar-refractivity contribution in [2.24, 2.45) is 0 Å². The second kappa shape index (κ2) is 8.82. The molecule has 0 saturated carbocycles. The Balaban J connectivity index is 1.42. The first-order chi connectivity index (χ1) is 15.1. The van der Waals surface area contributed by atoms with E-state index in [0.717, 1.165) is 0 Å². The van der Waals surface area contributed by atoms with Crippen molar-refractivity contribution >= 4 is 11.7 Å². The van der Waals surface area contributed by atoms with Gasteiger partial charge in [-0.15, -0.1) is 0 Å². The lowest BCUT2D eigenvalue weighted by atomic mass is 10.2. The van der Waals surface area contributed by atoms with Crippen LogP contribution < -0.4 is 4.74 Å². The Hall–Kier alpha value is -4.60. The minimum absolute atomic E-state index is 0.0476. The predicted octanol–water partition coefficient (Wildman–Crippen LogP) is 4.19. The summed E-state index contributed by atoms with van der Waals surface area (Å²) < 4.78 is 16.1. The first kappa shape index (κ1) is 19.7. The van der Waals surface area contributed by atoms with Crippen molar-refractivity contribution in [1.29, 1.82) is 0 Å². The van der Waals surface area contributed by atoms with E-state index in [0.29, 0.717) is 17.1 Å². The molecule has 0 spiro atoms. The van der Waals surface area contributed by atoms with E-state index in [4.69, 9.17) is 14.0 Å². The second-order valence-electron chi connectivity index (χ2n) is 6.18. The minimum atomic E-state index is -0.630. The van der Waals surface area contributed by atoms with E-state index in [9.17, 15) is 14.9 Å². The summed E-state index contributed by atoms with van der Waals surface area (Å²) in [4.78, 5) is 30.9. The number of ether oxygens (including phenoxy) is 2. The van der Waals surface area contributed by atoms with Crippen LogP contribution in [0.3, 0.4) is 0 Å². The van der Waals surface area contributed by atoms with E-state index >= 15 is 0 Å². The third-order valence-electron chi connectivity index (χ3n) is 4.10. The highest BCUT2D eigenvalue weighted by atomic mass is 16.6. The maximum Gasteiger partial charge on any atom is 0.342 e. The Labute approximate surface area is 175 Å². The molecule has 0 bridgehead atoms. The fourth-order valence-electron chi connectivity index (χ4n) is 2.63. The van der Waals surface area contributed by atoms with Gasteiger partial charge >= 0.3 is 5.97 Å². The third kappa shape index (κ3) is 4.70. The molecule has 0 amide bonds. The van der Waals surface area contributed by atoms with Crippen LogP contribution in [0.4, 0.5) is 5.69 Å². The summed E-state index contributed by atoms with van der Waals surface area (Å²) in [7, 11) is 0. The summed E-state index contributed by atoms with van der Waals surface area (Å²) in [5, 5.41) is 14.5. The number of benzene rings is 2. The number of pyridine rings is 1. The summed E-state index contributed by atoms with van der Waals surface area (Å²) >= 11 is 0. The Morgan fingerprint density at radius 2 is 1.87 bits per heavy atom. The van der Waals surface area contributed by atoms with Crippen LogP contribution in [0, 0.1) is 10.1 Å². The number of nitrogens with zero attached hydrogens (tertiary/aromatic N) is 4. The number of para-hydroxylation sites is 1. The van der Waals surface area contributed by atoms with Crippen LogP contribution in [0.25, 0.3) is 11.4 Å². The monoisotopic (exact) mass is 418 g/mol. The molecule has 154 valence electrons. The molecule has 10 nitrogen and oxygen atoms in total. The van der Waals surface area contributed by atoms with Gasteiger partial charge in [-0.05, 0) is 36.4 Å². The highest BCUT2D eigenvalue weighted by Gasteiger charge is 2.17. The zero-order chi connectivity index (χ0) is 21.6. The van der Waals surface area contributed by atoms with Crippen LogP contribution in [0.15, 0.2) is 77.6 Å². The molecule has 0 aliphatic heterocycles. The largest absolute Gasteiger partial charge is 0.455 e. The van der Waals surface area contributed by atoms with Gasteiger partial charge in [0.25, 0.3) is 11.6 Å². The van der Waals surface area contributed by atoms with Gasteiger partial charge in [-0.1, -0.05) is 17.3 Å². The number of non-ortho nitro benzene ring substituents is 1. The number of rotatable bonds is 7. The number of hydrogen-bond acceptors (Lipinski definition) is 9. The van der Waals surface area contributed by atoms with Gasteiger partial charge < -0.3 is 14.0 Å². The molecule has 4 aromatic rings. The third-order valence-corrected chi connectivity index (χ3v) is 4.10. The molecule has 2 aromatic carbocycles. The first-order valence-corrected chi connectivity index (χ1v) is 9.01. The lowest BCUT2D eigenvalue weighted by Gasteiger charge is -2.09. The van der Waals surface area contributed by atoms with Gasteiger partial charge in [-0.25, -0.2) is 4.79 Å². The molecule has 0 atom stereocenters. The molecular weight excluding hydrogens is 404 g/mol. The van der Waals surface area contributed by atoms with Crippen molar-refractivity contribution in [2.45, 2.75) is 6.61 Å². The van der Waals surface area contributed by atoms with Crippen LogP contribution >= 0.6 is 0 Å². The van der Waals surface area contributed by atoms with Crippen LogP contribution in [-0.2, 0) is 11.3 Å². The molecule has 0 saturated heterocycles. The summed E-state index contributed by atoms with van der Waals surface area (Å²) in [6, 6.07) is 15.8. The smallest absolute Gasteiger partial charge is 0.342 e. The first-order valence-electron chi connectivity index (χ1n) is 9.01. The molecule has 0 fully saturated rings. The van der Waals surface area contributed by atoms with Gasteiger partial charge in [0, 0.05) is 23.9 Å². The maximum atomic E-state index is 12.5. The van der Waals surface area contributed by atoms with Gasteiger partial charge in [-0.2, -0.15) is 4.98 Å². The van der Waals surface area contributed by atoms with Crippen LogP contribution in [0.1, 0.15) is 16.2 Å². The Bertz CT molecular complexity index is 1210. The number of nitro benzene ring substituents is 1. The highest BCUT2D eigenvalue weighted by Crippen LogP contribution is 2.25. The number of carbonyl (C=O) groups excluding carboxylic acids is 1. The topological polar surface area (TPSA) is 130 Å². The fraction of sp³-hybridized carbons (Fsp3) is 0.0476. The summed E-state index contributed by atoms with van der Waals surface area (Å²) in [5.41, 5.74) is 0.706. The molecule has 2 heterocycles. The van der Waals surface area contributed by atoms with E-state index in [1.54, 1.807) is 42.6 Å². The highest BCUT2D eigenvalue weighted by molar-refractivity contribution is 5.92. The van der Waals surface area contributed by atoms with E-state index < -0.39 is 10.9 Å². The molecule has 2 aromatic heterocycles. The van der Waals surface area contributed by atoms with Gasteiger partial charge in [0.15, 0.2) is 6.61 Å². The summed E-state index contributed by atoms with van der Waals surface area (Å²) in [6.45, 7) is -0.250. The normalized spacial score (nSPS) is 10.5. The molecule has 0 N–H and O–H groups in total. The molecule has 0 aliphatic rings. The fourth-order valence-corrected chi connectivity index (χ4v) is 2.63. The van der Waals surface area contributed by atoms with Crippen molar-refractivity contribution < 1.29 is 23.7 Å². The Morgan fingerprint density at radius 1 is 1.06 bits per heavy atom. The number of carbonyl (C=O) groups is 1. The van der Waals surface area contributed by atoms with Crippen molar-refractivity contribution in [1.82, 2.24) is 15.1 Å². The van der Waals surface area contributed by atoms with Crippen molar-refractivity contribution in [3.8, 4) is 22.9 Å². The second-order valence-corrected chi connectivity index (χ2v) is 6.18.